The van der Waals surface area contributed by atoms with E-state index in [0.717, 1.165) is 6.07 Å². The normalized spacial score (nSPS) is 27.6. The average molecular weight is 310 g/mol. The largest absolute Gasteiger partial charge is 0.391 e. The van der Waals surface area contributed by atoms with Crippen LogP contribution in [0.25, 0.3) is 0 Å². The maximum atomic E-state index is 13.0. The van der Waals surface area contributed by atoms with E-state index in [1.807, 2.05) is 0 Å². The van der Waals surface area contributed by atoms with Crippen molar-refractivity contribution in [3.8, 4) is 0 Å². The molecule has 20 heavy (non-hydrogen) atoms. The fourth-order valence-corrected chi connectivity index (χ4v) is 3.11. The third-order valence-electron chi connectivity index (χ3n) is 3.90. The van der Waals surface area contributed by atoms with Crippen LogP contribution in [0.1, 0.15) is 31.2 Å². The second-order valence-corrected chi connectivity index (χ2v) is 6.02. The van der Waals surface area contributed by atoms with Crippen molar-refractivity contribution in [2.24, 2.45) is 11.7 Å². The van der Waals surface area contributed by atoms with Crippen LogP contribution in [-0.2, 0) is 6.42 Å². The van der Waals surface area contributed by atoms with Gasteiger partial charge in [-0.15, -0.1) is 0 Å². The van der Waals surface area contributed by atoms with Gasteiger partial charge in [0.15, 0.2) is 0 Å². The highest BCUT2D eigenvalue weighted by atomic mass is 35.5. The zero-order chi connectivity index (χ0) is 15.0. The van der Waals surface area contributed by atoms with Crippen molar-refractivity contribution in [2.75, 3.05) is 0 Å². The highest BCUT2D eigenvalue weighted by Crippen LogP contribution is 2.42. The van der Waals surface area contributed by atoms with Gasteiger partial charge in [0.25, 0.3) is 0 Å². The Morgan fingerprint density at radius 3 is 2.65 bits per heavy atom. The highest BCUT2D eigenvalue weighted by Gasteiger charge is 2.46. The van der Waals surface area contributed by atoms with E-state index in [1.54, 1.807) is 0 Å². The summed E-state index contributed by atoms with van der Waals surface area (Å²) < 4.78 is 51.4. The Balaban J connectivity index is 2.14. The minimum Gasteiger partial charge on any atom is -0.325 e. The first-order valence-corrected chi connectivity index (χ1v) is 6.87. The molecule has 0 aliphatic heterocycles. The van der Waals surface area contributed by atoms with Crippen molar-refractivity contribution < 1.29 is 17.6 Å². The predicted molar refractivity (Wildman–Crippen MR) is 70.0 cm³/mol. The van der Waals surface area contributed by atoms with E-state index in [1.165, 1.54) is 12.1 Å². The van der Waals surface area contributed by atoms with E-state index >= 15 is 0 Å². The van der Waals surface area contributed by atoms with Gasteiger partial charge in [-0.05, 0) is 43.4 Å². The summed E-state index contributed by atoms with van der Waals surface area (Å²) in [6, 6.07) is 3.89. The molecule has 6 heteroatoms. The van der Waals surface area contributed by atoms with Gasteiger partial charge in [-0.3, -0.25) is 0 Å². The lowest BCUT2D eigenvalue weighted by Gasteiger charge is -2.39. The molecule has 2 atom stereocenters. The van der Waals surface area contributed by atoms with Gasteiger partial charge in [-0.25, -0.2) is 4.39 Å². The summed E-state index contributed by atoms with van der Waals surface area (Å²) in [5, 5.41) is 0.212. The number of nitrogens with two attached hydrogens (primary N) is 1. The minimum absolute atomic E-state index is 0.107. The van der Waals surface area contributed by atoms with E-state index < -0.39 is 23.5 Å². The third-order valence-corrected chi connectivity index (χ3v) is 4.25. The molecule has 0 bridgehead atoms. The SMILES string of the molecule is NC1(Cc2ccc(F)cc2Cl)CCCC(C(F)(F)F)C1. The molecule has 2 unspecified atom stereocenters. The van der Waals surface area contributed by atoms with Gasteiger partial charge in [0.1, 0.15) is 5.82 Å². The molecular weight excluding hydrogens is 294 g/mol. The quantitative estimate of drug-likeness (QED) is 0.801. The molecule has 1 saturated carbocycles. The fourth-order valence-electron chi connectivity index (χ4n) is 2.88. The van der Waals surface area contributed by atoms with Gasteiger partial charge >= 0.3 is 6.18 Å². The Bertz CT molecular complexity index is 489. The summed E-state index contributed by atoms with van der Waals surface area (Å²) in [6.45, 7) is 0. The molecule has 0 spiro atoms. The van der Waals surface area contributed by atoms with Crippen LogP contribution in [0.3, 0.4) is 0 Å². The first-order valence-electron chi connectivity index (χ1n) is 6.49. The van der Waals surface area contributed by atoms with E-state index in [2.05, 4.69) is 0 Å². The number of halogens is 5. The topological polar surface area (TPSA) is 26.0 Å². The summed E-state index contributed by atoms with van der Waals surface area (Å²) in [5.41, 5.74) is 5.80. The molecule has 112 valence electrons. The van der Waals surface area contributed by atoms with Gasteiger partial charge in [0.05, 0.1) is 5.92 Å². The van der Waals surface area contributed by atoms with Crippen molar-refractivity contribution in [1.82, 2.24) is 0 Å². The van der Waals surface area contributed by atoms with E-state index in [0.29, 0.717) is 18.4 Å². The summed E-state index contributed by atoms with van der Waals surface area (Å²) in [4.78, 5) is 0. The van der Waals surface area contributed by atoms with Crippen LogP contribution in [-0.4, -0.2) is 11.7 Å². The van der Waals surface area contributed by atoms with Crippen LogP contribution < -0.4 is 5.73 Å². The van der Waals surface area contributed by atoms with Crippen LogP contribution in [0.4, 0.5) is 17.6 Å². The van der Waals surface area contributed by atoms with Crippen LogP contribution in [0.2, 0.25) is 5.02 Å². The van der Waals surface area contributed by atoms with Crippen molar-refractivity contribution in [2.45, 2.75) is 43.8 Å². The number of alkyl halides is 3. The Kier molecular flexibility index (Phi) is 4.30. The number of hydrogen-bond donors (Lipinski definition) is 1. The smallest absolute Gasteiger partial charge is 0.325 e. The molecule has 1 aromatic rings. The van der Waals surface area contributed by atoms with Crippen molar-refractivity contribution in [1.29, 1.82) is 0 Å². The lowest BCUT2D eigenvalue weighted by Crippen LogP contribution is -2.49. The zero-order valence-electron chi connectivity index (χ0n) is 10.8. The van der Waals surface area contributed by atoms with Crippen molar-refractivity contribution >= 4 is 11.6 Å². The first kappa shape index (κ1) is 15.6. The van der Waals surface area contributed by atoms with Crippen molar-refractivity contribution in [3.63, 3.8) is 0 Å². The Morgan fingerprint density at radius 1 is 1.35 bits per heavy atom. The van der Waals surface area contributed by atoms with Crippen LogP contribution in [0.5, 0.6) is 0 Å². The number of benzene rings is 1. The molecule has 1 aliphatic rings. The Hall–Kier alpha value is -0.810. The van der Waals surface area contributed by atoms with Crippen LogP contribution >= 0.6 is 11.6 Å². The average Bonchev–Trinajstić information content (AvgIpc) is 2.32. The summed E-state index contributed by atoms with van der Waals surface area (Å²) in [7, 11) is 0. The van der Waals surface area contributed by atoms with Gasteiger partial charge in [0, 0.05) is 10.6 Å². The number of hydrogen-bond acceptors (Lipinski definition) is 1. The molecule has 1 aliphatic carbocycles. The van der Waals surface area contributed by atoms with E-state index in [-0.39, 0.29) is 24.3 Å². The fraction of sp³-hybridized carbons (Fsp3) is 0.571. The summed E-state index contributed by atoms with van der Waals surface area (Å²) >= 11 is 5.92. The van der Waals surface area contributed by atoms with Crippen LogP contribution in [0.15, 0.2) is 18.2 Å². The molecule has 0 amide bonds. The predicted octanol–water partition coefficient (Wildman–Crippen LogP) is 4.47. The Labute approximate surface area is 120 Å². The van der Waals surface area contributed by atoms with Gasteiger partial charge in [0.2, 0.25) is 0 Å². The maximum Gasteiger partial charge on any atom is 0.391 e. The molecule has 2 N–H and O–H groups in total. The molecule has 0 heterocycles. The molecule has 0 radical (unpaired) electrons. The van der Waals surface area contributed by atoms with E-state index in [9.17, 15) is 17.6 Å². The molecule has 0 aromatic heterocycles. The minimum atomic E-state index is -4.21. The lowest BCUT2D eigenvalue weighted by molar-refractivity contribution is -0.187. The second-order valence-electron chi connectivity index (χ2n) is 5.61. The summed E-state index contributed by atoms with van der Waals surface area (Å²) in [6.07, 6.45) is -2.99. The molecule has 2 rings (SSSR count). The molecule has 1 nitrogen and oxygen atoms in total. The molecule has 0 saturated heterocycles. The standard InChI is InChI=1S/C14H16ClF4N/c15-12-6-11(16)4-3-9(12)7-13(20)5-1-2-10(8-13)14(17,18)19/h3-4,6,10H,1-2,5,7-8,20H2. The number of rotatable bonds is 2. The van der Waals surface area contributed by atoms with Gasteiger partial charge < -0.3 is 5.73 Å². The van der Waals surface area contributed by atoms with Crippen molar-refractivity contribution in [3.05, 3.63) is 34.6 Å². The lowest BCUT2D eigenvalue weighted by atomic mass is 9.73. The van der Waals surface area contributed by atoms with Gasteiger partial charge in [-0.1, -0.05) is 24.1 Å². The summed E-state index contributed by atoms with van der Waals surface area (Å²) in [5.74, 6) is -1.83. The monoisotopic (exact) mass is 309 g/mol. The molecule has 1 fully saturated rings. The van der Waals surface area contributed by atoms with Crippen LogP contribution in [0, 0.1) is 11.7 Å². The van der Waals surface area contributed by atoms with Gasteiger partial charge in [-0.2, -0.15) is 13.2 Å². The van der Waals surface area contributed by atoms with E-state index in [4.69, 9.17) is 17.3 Å². The molecular formula is C14H16ClF4N. The zero-order valence-corrected chi connectivity index (χ0v) is 11.6. The third kappa shape index (κ3) is 3.64. The maximum absolute atomic E-state index is 13.0. The first-order chi connectivity index (χ1) is 9.20. The second kappa shape index (κ2) is 5.53. The Morgan fingerprint density at radius 2 is 2.05 bits per heavy atom. The highest BCUT2D eigenvalue weighted by molar-refractivity contribution is 6.31. The molecule has 1 aromatic carbocycles.